The second kappa shape index (κ2) is 5.65. The minimum atomic E-state index is 0.0242. The summed E-state index contributed by atoms with van der Waals surface area (Å²) in [7, 11) is 1.63. The first-order chi connectivity index (χ1) is 7.13. The Morgan fingerprint density at radius 3 is 2.80 bits per heavy atom. The summed E-state index contributed by atoms with van der Waals surface area (Å²) in [6.07, 6.45) is 0.451. The van der Waals surface area contributed by atoms with Crippen LogP contribution in [0.3, 0.4) is 0 Å². The number of nitrogens with zero attached hydrogens (tertiary/aromatic N) is 2. The monoisotopic (exact) mass is 228 g/mol. The lowest BCUT2D eigenvalue weighted by atomic mass is 10.2. The molecule has 6 heteroatoms. The number of hydrogen-bond donors (Lipinski definition) is 2. The standard InChI is InChI=1S/C9H16N4OS/c1-6(2)8-12-9(15-13-8)11-5-4-7(14)10-3/h6H,4-5H2,1-3H3,(H,10,14)(H,11,12,13). The number of carbonyl (C=O) groups excluding carboxylic acids is 1. The van der Waals surface area contributed by atoms with Crippen LogP contribution in [-0.4, -0.2) is 28.9 Å². The van der Waals surface area contributed by atoms with E-state index in [0.717, 1.165) is 11.0 Å². The van der Waals surface area contributed by atoms with Crippen molar-refractivity contribution >= 4 is 22.6 Å². The van der Waals surface area contributed by atoms with Gasteiger partial charge >= 0.3 is 0 Å². The molecule has 0 unspecified atom stereocenters. The zero-order valence-corrected chi connectivity index (χ0v) is 10.0. The van der Waals surface area contributed by atoms with Crippen LogP contribution in [0, 0.1) is 0 Å². The Bertz CT molecular complexity index is 324. The lowest BCUT2D eigenvalue weighted by Crippen LogP contribution is -2.20. The summed E-state index contributed by atoms with van der Waals surface area (Å²) in [6.45, 7) is 4.69. The Balaban J connectivity index is 2.34. The van der Waals surface area contributed by atoms with E-state index in [2.05, 4.69) is 33.8 Å². The van der Waals surface area contributed by atoms with Crippen LogP contribution in [0.4, 0.5) is 5.13 Å². The van der Waals surface area contributed by atoms with Gasteiger partial charge in [0.1, 0.15) is 5.82 Å². The Hall–Kier alpha value is -1.17. The third-order valence-corrected chi connectivity index (χ3v) is 2.55. The maximum Gasteiger partial charge on any atom is 0.221 e. The molecule has 84 valence electrons. The SMILES string of the molecule is CNC(=O)CCNc1nc(C(C)C)ns1. The summed E-state index contributed by atoms with van der Waals surface area (Å²) >= 11 is 1.33. The first kappa shape index (κ1) is 11.9. The van der Waals surface area contributed by atoms with E-state index in [1.165, 1.54) is 11.5 Å². The second-order valence-electron chi connectivity index (χ2n) is 3.46. The average molecular weight is 228 g/mol. The van der Waals surface area contributed by atoms with Crippen molar-refractivity contribution in [1.29, 1.82) is 0 Å². The van der Waals surface area contributed by atoms with Crippen LogP contribution >= 0.6 is 11.5 Å². The van der Waals surface area contributed by atoms with Gasteiger partial charge in [0, 0.05) is 37.5 Å². The fourth-order valence-corrected chi connectivity index (χ4v) is 1.68. The number of anilines is 1. The van der Waals surface area contributed by atoms with E-state index in [9.17, 15) is 4.79 Å². The molecule has 1 amide bonds. The molecule has 0 radical (unpaired) electrons. The Kier molecular flexibility index (Phi) is 4.48. The van der Waals surface area contributed by atoms with E-state index in [1.807, 2.05) is 0 Å². The van der Waals surface area contributed by atoms with Gasteiger partial charge in [0.25, 0.3) is 0 Å². The van der Waals surface area contributed by atoms with Crippen LogP contribution in [0.2, 0.25) is 0 Å². The van der Waals surface area contributed by atoms with Crippen LogP contribution in [0.1, 0.15) is 32.0 Å². The molecule has 0 spiro atoms. The number of amides is 1. The summed E-state index contributed by atoms with van der Waals surface area (Å²) in [5.74, 6) is 1.22. The van der Waals surface area contributed by atoms with Gasteiger partial charge < -0.3 is 10.6 Å². The fraction of sp³-hybridized carbons (Fsp3) is 0.667. The summed E-state index contributed by atoms with van der Waals surface area (Å²) in [4.78, 5) is 15.2. The molecular weight excluding hydrogens is 212 g/mol. The van der Waals surface area contributed by atoms with Gasteiger partial charge in [0.05, 0.1) is 0 Å². The van der Waals surface area contributed by atoms with E-state index in [4.69, 9.17) is 0 Å². The molecule has 5 nitrogen and oxygen atoms in total. The van der Waals surface area contributed by atoms with Crippen LogP contribution in [-0.2, 0) is 4.79 Å². The average Bonchev–Trinajstić information content (AvgIpc) is 2.66. The zero-order chi connectivity index (χ0) is 11.3. The molecule has 0 atom stereocenters. The smallest absolute Gasteiger partial charge is 0.221 e. The molecule has 1 aromatic heterocycles. The van der Waals surface area contributed by atoms with Crippen molar-refractivity contribution in [2.75, 3.05) is 18.9 Å². The Labute approximate surface area is 93.5 Å². The molecule has 0 saturated carbocycles. The highest BCUT2D eigenvalue weighted by Gasteiger charge is 2.07. The van der Waals surface area contributed by atoms with Gasteiger partial charge in [-0.15, -0.1) is 0 Å². The number of aromatic nitrogens is 2. The van der Waals surface area contributed by atoms with Crippen LogP contribution in [0.5, 0.6) is 0 Å². The topological polar surface area (TPSA) is 66.9 Å². The Morgan fingerprint density at radius 1 is 1.53 bits per heavy atom. The van der Waals surface area contributed by atoms with Crippen molar-refractivity contribution < 1.29 is 4.79 Å². The first-order valence-electron chi connectivity index (χ1n) is 4.91. The summed E-state index contributed by atoms with van der Waals surface area (Å²) in [6, 6.07) is 0. The van der Waals surface area contributed by atoms with Crippen molar-refractivity contribution in [3.63, 3.8) is 0 Å². The minimum Gasteiger partial charge on any atom is -0.360 e. The summed E-state index contributed by atoms with van der Waals surface area (Å²) < 4.78 is 4.20. The van der Waals surface area contributed by atoms with Crippen molar-refractivity contribution in [3.05, 3.63) is 5.82 Å². The molecule has 0 aliphatic heterocycles. The van der Waals surface area contributed by atoms with Gasteiger partial charge in [0.2, 0.25) is 11.0 Å². The lowest BCUT2D eigenvalue weighted by Gasteiger charge is -2.00. The molecular formula is C9H16N4OS. The quantitative estimate of drug-likeness (QED) is 0.795. The van der Waals surface area contributed by atoms with Gasteiger partial charge in [0.15, 0.2) is 0 Å². The van der Waals surface area contributed by atoms with Crippen LogP contribution < -0.4 is 10.6 Å². The van der Waals surface area contributed by atoms with Crippen LogP contribution in [0.25, 0.3) is 0 Å². The third-order valence-electron chi connectivity index (χ3n) is 1.87. The largest absolute Gasteiger partial charge is 0.360 e. The van der Waals surface area contributed by atoms with Gasteiger partial charge in [-0.1, -0.05) is 13.8 Å². The molecule has 1 heterocycles. The molecule has 0 aromatic carbocycles. The van der Waals surface area contributed by atoms with E-state index in [0.29, 0.717) is 18.9 Å². The minimum absolute atomic E-state index is 0.0242. The number of carbonyl (C=O) groups is 1. The maximum absolute atomic E-state index is 10.9. The molecule has 0 bridgehead atoms. The second-order valence-corrected chi connectivity index (χ2v) is 4.21. The van der Waals surface area contributed by atoms with Crippen molar-refractivity contribution in [3.8, 4) is 0 Å². The van der Waals surface area contributed by atoms with E-state index in [1.54, 1.807) is 7.05 Å². The van der Waals surface area contributed by atoms with Crippen molar-refractivity contribution in [1.82, 2.24) is 14.7 Å². The molecule has 0 aliphatic carbocycles. The highest BCUT2D eigenvalue weighted by Crippen LogP contribution is 2.16. The van der Waals surface area contributed by atoms with Crippen LogP contribution in [0.15, 0.2) is 0 Å². The highest BCUT2D eigenvalue weighted by atomic mass is 32.1. The van der Waals surface area contributed by atoms with Crippen molar-refractivity contribution in [2.24, 2.45) is 0 Å². The zero-order valence-electron chi connectivity index (χ0n) is 9.20. The third kappa shape index (κ3) is 3.83. The van der Waals surface area contributed by atoms with Gasteiger partial charge in [-0.2, -0.15) is 4.37 Å². The van der Waals surface area contributed by atoms with Gasteiger partial charge in [-0.3, -0.25) is 4.79 Å². The fourth-order valence-electron chi connectivity index (χ4n) is 0.949. The van der Waals surface area contributed by atoms with Gasteiger partial charge in [-0.25, -0.2) is 4.98 Å². The van der Waals surface area contributed by atoms with Crippen molar-refractivity contribution in [2.45, 2.75) is 26.2 Å². The molecule has 0 saturated heterocycles. The van der Waals surface area contributed by atoms with E-state index in [-0.39, 0.29) is 5.91 Å². The first-order valence-corrected chi connectivity index (χ1v) is 5.69. The molecule has 2 N–H and O–H groups in total. The van der Waals surface area contributed by atoms with E-state index < -0.39 is 0 Å². The number of rotatable bonds is 5. The molecule has 0 fully saturated rings. The maximum atomic E-state index is 10.9. The predicted octanol–water partition coefficient (Wildman–Crippen LogP) is 1.21. The highest BCUT2D eigenvalue weighted by molar-refractivity contribution is 7.09. The summed E-state index contributed by atoms with van der Waals surface area (Å²) in [5, 5.41) is 6.41. The van der Waals surface area contributed by atoms with E-state index >= 15 is 0 Å². The summed E-state index contributed by atoms with van der Waals surface area (Å²) in [5.41, 5.74) is 0. The molecule has 1 rings (SSSR count). The van der Waals surface area contributed by atoms with Gasteiger partial charge in [-0.05, 0) is 0 Å². The predicted molar refractivity (Wildman–Crippen MR) is 61.2 cm³/mol. The number of hydrogen-bond acceptors (Lipinski definition) is 5. The lowest BCUT2D eigenvalue weighted by molar-refractivity contribution is -0.120. The molecule has 1 aromatic rings. The normalized spacial score (nSPS) is 10.4. The molecule has 15 heavy (non-hydrogen) atoms. The number of nitrogens with one attached hydrogen (secondary N) is 2. The Morgan fingerprint density at radius 2 is 2.27 bits per heavy atom. The molecule has 0 aliphatic rings.